The summed E-state index contributed by atoms with van der Waals surface area (Å²) in [6, 6.07) is 15.6. The second-order valence-electron chi connectivity index (χ2n) is 5.42. The van der Waals surface area contributed by atoms with Crippen LogP contribution < -0.4 is 5.73 Å². The number of hydrogen-bond donors (Lipinski definition) is 1. The lowest BCUT2D eigenvalue weighted by molar-refractivity contribution is 0.0596. The average molecular weight is 399 g/mol. The number of halogens is 1. The first-order valence-corrected chi connectivity index (χ1v) is 9.36. The Morgan fingerprint density at radius 3 is 2.27 bits per heavy atom. The third-order valence-electron chi connectivity index (χ3n) is 3.78. The minimum atomic E-state index is -3.87. The molecule has 0 bridgehead atoms. The molecule has 0 fully saturated rings. The summed E-state index contributed by atoms with van der Waals surface area (Å²) in [6.07, 6.45) is 0.556. The molecule has 142 valence electrons. The van der Waals surface area contributed by atoms with Gasteiger partial charge in [0.2, 0.25) is 10.0 Å². The van der Waals surface area contributed by atoms with Crippen molar-refractivity contribution < 1.29 is 17.9 Å². The summed E-state index contributed by atoms with van der Waals surface area (Å²) in [7, 11) is -2.65. The van der Waals surface area contributed by atoms with E-state index >= 15 is 0 Å². The molecule has 0 aliphatic heterocycles. The Hall–Kier alpha value is -1.93. The lowest BCUT2D eigenvalue weighted by Crippen LogP contribution is -2.37. The Balaban J connectivity index is 0.00000338. The van der Waals surface area contributed by atoms with Crippen molar-refractivity contribution in [3.05, 3.63) is 65.7 Å². The SMILES string of the molecule is COC(=O)c1ccccc1S(=O)(=O)N(CCN)CCc1ccccc1.Cl. The van der Waals surface area contributed by atoms with Crippen LogP contribution in [0.25, 0.3) is 0 Å². The van der Waals surface area contributed by atoms with Gasteiger partial charge in [-0.1, -0.05) is 42.5 Å². The lowest BCUT2D eigenvalue weighted by atomic mass is 10.1. The number of carbonyl (C=O) groups is 1. The highest BCUT2D eigenvalue weighted by molar-refractivity contribution is 7.89. The smallest absolute Gasteiger partial charge is 0.339 e. The molecule has 2 aromatic rings. The van der Waals surface area contributed by atoms with E-state index in [0.29, 0.717) is 6.42 Å². The van der Waals surface area contributed by atoms with Crippen LogP contribution in [0.3, 0.4) is 0 Å². The van der Waals surface area contributed by atoms with Crippen LogP contribution in [0.2, 0.25) is 0 Å². The van der Waals surface area contributed by atoms with Crippen LogP contribution in [-0.4, -0.2) is 45.4 Å². The van der Waals surface area contributed by atoms with Crippen molar-refractivity contribution >= 4 is 28.4 Å². The average Bonchev–Trinajstić information content (AvgIpc) is 2.65. The molecule has 0 aliphatic rings. The second kappa shape index (κ2) is 10.3. The highest BCUT2D eigenvalue weighted by Gasteiger charge is 2.28. The molecule has 6 nitrogen and oxygen atoms in total. The molecule has 0 aromatic heterocycles. The van der Waals surface area contributed by atoms with E-state index < -0.39 is 16.0 Å². The van der Waals surface area contributed by atoms with Gasteiger partial charge in [-0.25, -0.2) is 13.2 Å². The van der Waals surface area contributed by atoms with Gasteiger partial charge in [0.1, 0.15) is 0 Å². The molecule has 2 aromatic carbocycles. The van der Waals surface area contributed by atoms with Gasteiger partial charge in [0.15, 0.2) is 0 Å². The van der Waals surface area contributed by atoms with E-state index in [4.69, 9.17) is 10.5 Å². The quantitative estimate of drug-likeness (QED) is 0.687. The van der Waals surface area contributed by atoms with Crippen molar-refractivity contribution in [1.29, 1.82) is 0 Å². The van der Waals surface area contributed by atoms with Gasteiger partial charge in [-0.2, -0.15) is 4.31 Å². The van der Waals surface area contributed by atoms with Crippen LogP contribution >= 0.6 is 12.4 Å². The fourth-order valence-electron chi connectivity index (χ4n) is 2.50. The van der Waals surface area contributed by atoms with Crippen LogP contribution in [0.1, 0.15) is 15.9 Å². The molecule has 26 heavy (non-hydrogen) atoms. The molecule has 0 spiro atoms. The largest absolute Gasteiger partial charge is 0.465 e. The number of sulfonamides is 1. The first kappa shape index (κ1) is 22.1. The third kappa shape index (κ3) is 5.28. The Kier molecular flexibility index (Phi) is 8.74. The first-order valence-electron chi connectivity index (χ1n) is 7.92. The standard InChI is InChI=1S/C18H22N2O4S.ClH/c1-24-18(21)16-9-5-6-10-17(16)25(22,23)20(14-12-19)13-11-15-7-3-2-4-8-15;/h2-10H,11-14,19H2,1H3;1H. The maximum absolute atomic E-state index is 13.0. The van der Waals surface area contributed by atoms with E-state index in [9.17, 15) is 13.2 Å². The Bertz CT molecular complexity index is 813. The molecule has 2 N–H and O–H groups in total. The maximum Gasteiger partial charge on any atom is 0.339 e. The molecule has 0 aliphatic carbocycles. The predicted octanol–water partition coefficient (Wildman–Crippen LogP) is 2.09. The molecule has 0 saturated heterocycles. The van der Waals surface area contributed by atoms with Crippen LogP contribution in [0, 0.1) is 0 Å². The van der Waals surface area contributed by atoms with Crippen LogP contribution in [0.4, 0.5) is 0 Å². The third-order valence-corrected chi connectivity index (χ3v) is 5.74. The van der Waals surface area contributed by atoms with E-state index in [2.05, 4.69) is 0 Å². The minimum Gasteiger partial charge on any atom is -0.465 e. The maximum atomic E-state index is 13.0. The van der Waals surface area contributed by atoms with Crippen molar-refractivity contribution in [3.8, 4) is 0 Å². The molecule has 8 heteroatoms. The molecule has 2 rings (SSSR count). The van der Waals surface area contributed by atoms with Crippen molar-refractivity contribution in [2.45, 2.75) is 11.3 Å². The summed E-state index contributed by atoms with van der Waals surface area (Å²) in [6.45, 7) is 0.637. The highest BCUT2D eigenvalue weighted by Crippen LogP contribution is 2.21. The molecular formula is C18H23ClN2O4S. The number of benzene rings is 2. The summed E-state index contributed by atoms with van der Waals surface area (Å²) in [5.74, 6) is -0.685. The predicted molar refractivity (Wildman–Crippen MR) is 103 cm³/mol. The normalized spacial score (nSPS) is 11.0. The monoisotopic (exact) mass is 398 g/mol. The number of nitrogens with zero attached hydrogens (tertiary/aromatic N) is 1. The van der Waals surface area contributed by atoms with Crippen LogP contribution in [-0.2, 0) is 21.2 Å². The van der Waals surface area contributed by atoms with Gasteiger partial charge in [-0.15, -0.1) is 12.4 Å². The number of nitrogens with two attached hydrogens (primary N) is 1. The van der Waals surface area contributed by atoms with Gasteiger partial charge in [-0.05, 0) is 24.1 Å². The topological polar surface area (TPSA) is 89.7 Å². The van der Waals surface area contributed by atoms with Gasteiger partial charge in [0.25, 0.3) is 0 Å². The van der Waals surface area contributed by atoms with E-state index in [1.54, 1.807) is 12.1 Å². The zero-order valence-corrected chi connectivity index (χ0v) is 16.1. The van der Waals surface area contributed by atoms with Gasteiger partial charge in [-0.3, -0.25) is 0 Å². The first-order chi connectivity index (χ1) is 12.0. The number of esters is 1. The zero-order valence-electron chi connectivity index (χ0n) is 14.5. The van der Waals surface area contributed by atoms with Gasteiger partial charge in [0.05, 0.1) is 17.6 Å². The van der Waals surface area contributed by atoms with Gasteiger partial charge >= 0.3 is 5.97 Å². The number of methoxy groups -OCH3 is 1. The molecular weight excluding hydrogens is 376 g/mol. The number of ether oxygens (including phenoxy) is 1. The van der Waals surface area contributed by atoms with Crippen molar-refractivity contribution in [1.82, 2.24) is 4.31 Å². The van der Waals surface area contributed by atoms with E-state index in [0.717, 1.165) is 5.56 Å². The fraction of sp³-hybridized carbons (Fsp3) is 0.278. The lowest BCUT2D eigenvalue weighted by Gasteiger charge is -2.22. The Morgan fingerprint density at radius 1 is 1.04 bits per heavy atom. The van der Waals surface area contributed by atoms with Crippen LogP contribution in [0.5, 0.6) is 0 Å². The number of rotatable bonds is 8. The van der Waals surface area contributed by atoms with Crippen molar-refractivity contribution in [2.75, 3.05) is 26.7 Å². The second-order valence-corrected chi connectivity index (χ2v) is 7.32. The van der Waals surface area contributed by atoms with E-state index in [1.807, 2.05) is 30.3 Å². The van der Waals surface area contributed by atoms with E-state index in [1.165, 1.54) is 23.5 Å². The fourth-order valence-corrected chi connectivity index (χ4v) is 4.14. The summed E-state index contributed by atoms with van der Waals surface area (Å²) in [5.41, 5.74) is 6.65. The molecule has 0 atom stereocenters. The molecule has 0 heterocycles. The van der Waals surface area contributed by atoms with Gasteiger partial charge in [0, 0.05) is 19.6 Å². The highest BCUT2D eigenvalue weighted by atomic mass is 35.5. The Morgan fingerprint density at radius 2 is 1.65 bits per heavy atom. The number of carbonyl (C=O) groups excluding carboxylic acids is 1. The summed E-state index contributed by atoms with van der Waals surface area (Å²) in [4.78, 5) is 11.8. The zero-order chi connectivity index (χ0) is 18.3. The van der Waals surface area contributed by atoms with Crippen LogP contribution in [0.15, 0.2) is 59.5 Å². The van der Waals surface area contributed by atoms with E-state index in [-0.39, 0.29) is 42.5 Å². The minimum absolute atomic E-state index is 0. The summed E-state index contributed by atoms with van der Waals surface area (Å²) < 4.78 is 32.1. The van der Waals surface area contributed by atoms with Crippen molar-refractivity contribution in [3.63, 3.8) is 0 Å². The molecule has 0 saturated carbocycles. The summed E-state index contributed by atoms with van der Waals surface area (Å²) in [5, 5.41) is 0. The number of hydrogen-bond acceptors (Lipinski definition) is 5. The van der Waals surface area contributed by atoms with Crippen molar-refractivity contribution in [2.24, 2.45) is 5.73 Å². The van der Waals surface area contributed by atoms with Gasteiger partial charge < -0.3 is 10.5 Å². The summed E-state index contributed by atoms with van der Waals surface area (Å²) >= 11 is 0. The molecule has 0 unspecified atom stereocenters. The molecule has 0 amide bonds. The molecule has 0 radical (unpaired) electrons. The Labute approximate surface area is 160 Å².